The predicted molar refractivity (Wildman–Crippen MR) is 107 cm³/mol. The number of carboxylic acid groups (broad SMARTS) is 1. The number of nitrogens with one attached hydrogen (secondary N) is 1. The second-order valence-electron chi connectivity index (χ2n) is 7.37. The van der Waals surface area contributed by atoms with E-state index in [0.717, 1.165) is 13.1 Å². The van der Waals surface area contributed by atoms with E-state index in [4.69, 9.17) is 15.0 Å². The molecule has 0 unspecified atom stereocenters. The normalized spacial score (nSPS) is 24.1. The minimum absolute atomic E-state index is 0.0460. The van der Waals surface area contributed by atoms with Crippen molar-refractivity contribution in [3.05, 3.63) is 18.0 Å². The lowest BCUT2D eigenvalue weighted by Gasteiger charge is -2.35. The summed E-state index contributed by atoms with van der Waals surface area (Å²) in [5, 5.41) is 33.2. The SMILES string of the molecule is CCn1ccc(C(=O)N[C@H]2C[C@H](C(=O)N3CCN(CCO)CC3)C[C@@H]2O)n1.O=CO. The van der Waals surface area contributed by atoms with Gasteiger partial charge in [0.15, 0.2) is 0 Å². The number of aliphatic hydroxyl groups excluding tert-OH is 2. The molecule has 11 heteroatoms. The van der Waals surface area contributed by atoms with Gasteiger partial charge in [0, 0.05) is 51.4 Å². The predicted octanol–water partition coefficient (Wildman–Crippen LogP) is -1.39. The average Bonchev–Trinajstić information content (AvgIpc) is 3.36. The van der Waals surface area contributed by atoms with Crippen molar-refractivity contribution >= 4 is 18.3 Å². The van der Waals surface area contributed by atoms with E-state index in [9.17, 15) is 14.7 Å². The average molecular weight is 425 g/mol. The van der Waals surface area contributed by atoms with Crippen LogP contribution < -0.4 is 5.32 Å². The number of nitrogens with zero attached hydrogens (tertiary/aromatic N) is 4. The van der Waals surface area contributed by atoms with Crippen molar-refractivity contribution < 1.29 is 29.7 Å². The fraction of sp³-hybridized carbons (Fsp3) is 0.684. The molecule has 2 amide bonds. The standard InChI is InChI=1S/C18H29N5O4.CH2O2/c1-2-23-4-3-14(20-23)17(26)19-15-11-13(12-16(15)25)18(27)22-7-5-21(6-8-22)9-10-24;2-1-3/h3-4,13,15-16,24-25H,2,5-12H2,1H3,(H,19,26);1H,(H,2,3)/t13-,15-,16-;/m0./s1. The molecule has 1 aliphatic heterocycles. The third-order valence-corrected chi connectivity index (χ3v) is 5.49. The number of carbonyl (C=O) groups is 3. The molecule has 1 aromatic heterocycles. The Bertz CT molecular complexity index is 703. The molecule has 11 nitrogen and oxygen atoms in total. The highest BCUT2D eigenvalue weighted by Crippen LogP contribution is 2.28. The van der Waals surface area contributed by atoms with Crippen molar-refractivity contribution in [2.24, 2.45) is 5.92 Å². The molecule has 1 saturated carbocycles. The van der Waals surface area contributed by atoms with Gasteiger partial charge in [-0.25, -0.2) is 0 Å². The van der Waals surface area contributed by atoms with E-state index in [1.54, 1.807) is 16.9 Å². The quantitative estimate of drug-likeness (QED) is 0.407. The fourth-order valence-electron chi connectivity index (χ4n) is 3.87. The maximum atomic E-state index is 12.8. The van der Waals surface area contributed by atoms with Gasteiger partial charge in [-0.1, -0.05) is 0 Å². The smallest absolute Gasteiger partial charge is 0.290 e. The summed E-state index contributed by atoms with van der Waals surface area (Å²) in [6, 6.07) is 1.21. The molecule has 1 aromatic rings. The van der Waals surface area contributed by atoms with Crippen LogP contribution in [-0.2, 0) is 16.1 Å². The number of amides is 2. The molecule has 1 saturated heterocycles. The zero-order valence-electron chi connectivity index (χ0n) is 17.2. The minimum Gasteiger partial charge on any atom is -0.483 e. The first kappa shape index (κ1) is 23.8. The minimum atomic E-state index is -0.730. The molecule has 0 radical (unpaired) electrons. The first-order valence-electron chi connectivity index (χ1n) is 10.2. The van der Waals surface area contributed by atoms with Crippen molar-refractivity contribution in [3.63, 3.8) is 0 Å². The Balaban J connectivity index is 0.00000101. The Morgan fingerprint density at radius 3 is 2.50 bits per heavy atom. The van der Waals surface area contributed by atoms with E-state index in [2.05, 4.69) is 15.3 Å². The van der Waals surface area contributed by atoms with Crippen LogP contribution in [0, 0.1) is 5.92 Å². The zero-order valence-corrected chi connectivity index (χ0v) is 17.2. The molecule has 2 heterocycles. The van der Waals surface area contributed by atoms with E-state index in [1.165, 1.54) is 0 Å². The molecule has 2 fully saturated rings. The van der Waals surface area contributed by atoms with Gasteiger partial charge in [-0.15, -0.1) is 0 Å². The molecule has 3 atom stereocenters. The number of piperazine rings is 1. The van der Waals surface area contributed by atoms with Gasteiger partial charge in [0.25, 0.3) is 12.4 Å². The van der Waals surface area contributed by atoms with Gasteiger partial charge in [0.2, 0.25) is 5.91 Å². The first-order valence-corrected chi connectivity index (χ1v) is 10.2. The summed E-state index contributed by atoms with van der Waals surface area (Å²) >= 11 is 0. The number of rotatable bonds is 6. The molecular formula is C19H31N5O6. The molecule has 0 spiro atoms. The van der Waals surface area contributed by atoms with Crippen LogP contribution in [0.3, 0.4) is 0 Å². The van der Waals surface area contributed by atoms with Gasteiger partial charge in [0.05, 0.1) is 18.8 Å². The summed E-state index contributed by atoms with van der Waals surface area (Å²) in [6.45, 7) is 5.90. The molecule has 168 valence electrons. The largest absolute Gasteiger partial charge is 0.483 e. The van der Waals surface area contributed by atoms with E-state index in [-0.39, 0.29) is 30.8 Å². The van der Waals surface area contributed by atoms with Gasteiger partial charge >= 0.3 is 0 Å². The summed E-state index contributed by atoms with van der Waals surface area (Å²) in [6.07, 6.45) is 1.82. The molecule has 3 rings (SSSR count). The summed E-state index contributed by atoms with van der Waals surface area (Å²) in [7, 11) is 0. The van der Waals surface area contributed by atoms with Crippen LogP contribution in [0.25, 0.3) is 0 Å². The number of hydrogen-bond donors (Lipinski definition) is 4. The molecule has 30 heavy (non-hydrogen) atoms. The maximum Gasteiger partial charge on any atom is 0.290 e. The Morgan fingerprint density at radius 2 is 1.93 bits per heavy atom. The number of aromatic nitrogens is 2. The van der Waals surface area contributed by atoms with Crippen LogP contribution in [0.15, 0.2) is 12.3 Å². The Labute approximate surface area is 175 Å². The van der Waals surface area contributed by atoms with Gasteiger partial charge in [-0.05, 0) is 25.8 Å². The number of aliphatic hydroxyl groups is 2. The molecular weight excluding hydrogens is 394 g/mol. The van der Waals surface area contributed by atoms with Crippen molar-refractivity contribution in [2.45, 2.75) is 38.5 Å². The molecule has 4 N–H and O–H groups in total. The van der Waals surface area contributed by atoms with E-state index in [0.29, 0.717) is 44.7 Å². The second kappa shape index (κ2) is 11.6. The molecule has 0 bridgehead atoms. The highest BCUT2D eigenvalue weighted by molar-refractivity contribution is 5.92. The number of carbonyl (C=O) groups excluding carboxylic acids is 2. The van der Waals surface area contributed by atoms with E-state index in [1.807, 2.05) is 11.8 Å². The number of hydrogen-bond acceptors (Lipinski definition) is 7. The van der Waals surface area contributed by atoms with Crippen molar-refractivity contribution in [3.8, 4) is 0 Å². The van der Waals surface area contributed by atoms with E-state index >= 15 is 0 Å². The van der Waals surface area contributed by atoms with Crippen LogP contribution in [0.5, 0.6) is 0 Å². The highest BCUT2D eigenvalue weighted by Gasteiger charge is 2.40. The van der Waals surface area contributed by atoms with Crippen LogP contribution >= 0.6 is 0 Å². The van der Waals surface area contributed by atoms with Crippen molar-refractivity contribution in [2.75, 3.05) is 39.3 Å². The summed E-state index contributed by atoms with van der Waals surface area (Å²) in [5.41, 5.74) is 0.318. The molecule has 1 aliphatic carbocycles. The van der Waals surface area contributed by atoms with Gasteiger partial charge in [-0.3, -0.25) is 24.0 Å². The molecule has 0 aromatic carbocycles. The third-order valence-electron chi connectivity index (χ3n) is 5.49. The van der Waals surface area contributed by atoms with Crippen molar-refractivity contribution in [1.29, 1.82) is 0 Å². The Kier molecular flexibility index (Phi) is 9.21. The van der Waals surface area contributed by atoms with Crippen LogP contribution in [0.1, 0.15) is 30.3 Å². The summed E-state index contributed by atoms with van der Waals surface area (Å²) in [4.78, 5) is 37.4. The lowest BCUT2D eigenvalue weighted by Crippen LogP contribution is -2.50. The third kappa shape index (κ3) is 6.25. The highest BCUT2D eigenvalue weighted by atomic mass is 16.3. The Morgan fingerprint density at radius 1 is 1.27 bits per heavy atom. The molecule has 2 aliphatic rings. The summed E-state index contributed by atoms with van der Waals surface area (Å²) < 4.78 is 1.67. The monoisotopic (exact) mass is 425 g/mol. The maximum absolute atomic E-state index is 12.8. The van der Waals surface area contributed by atoms with E-state index < -0.39 is 12.1 Å². The van der Waals surface area contributed by atoms with Crippen LogP contribution in [0.4, 0.5) is 0 Å². The number of aryl methyl sites for hydroxylation is 1. The second-order valence-corrected chi connectivity index (χ2v) is 7.37. The van der Waals surface area contributed by atoms with Gasteiger partial charge in [-0.2, -0.15) is 5.10 Å². The van der Waals surface area contributed by atoms with Crippen molar-refractivity contribution in [1.82, 2.24) is 24.9 Å². The topological polar surface area (TPSA) is 148 Å². The number of β-amino-alcohol motifs (C(OH)–C–C–N with tert-alkyl or cyclic N) is 1. The van der Waals surface area contributed by atoms with Crippen LogP contribution in [-0.4, -0.2) is 105 Å². The van der Waals surface area contributed by atoms with Crippen LogP contribution in [0.2, 0.25) is 0 Å². The van der Waals surface area contributed by atoms with Gasteiger partial charge < -0.3 is 25.5 Å². The lowest BCUT2D eigenvalue weighted by atomic mass is 10.1. The fourth-order valence-corrected chi connectivity index (χ4v) is 3.87. The zero-order chi connectivity index (χ0) is 22.1. The van der Waals surface area contributed by atoms with Gasteiger partial charge in [0.1, 0.15) is 5.69 Å². The first-order chi connectivity index (χ1) is 14.4. The lowest BCUT2D eigenvalue weighted by molar-refractivity contribution is -0.137. The summed E-state index contributed by atoms with van der Waals surface area (Å²) in [5.74, 6) is -0.551. The Hall–Kier alpha value is -2.50.